The highest BCUT2D eigenvalue weighted by Crippen LogP contribution is 2.27. The van der Waals surface area contributed by atoms with Gasteiger partial charge in [0, 0.05) is 31.5 Å². The Labute approximate surface area is 116 Å². The maximum Gasteiger partial charge on any atom is 0.246 e. The lowest BCUT2D eigenvalue weighted by molar-refractivity contribution is -0.116. The van der Waals surface area contributed by atoms with E-state index >= 15 is 0 Å². The van der Waals surface area contributed by atoms with Gasteiger partial charge in [-0.3, -0.25) is 9.48 Å². The molecule has 1 aromatic heterocycles. The van der Waals surface area contributed by atoms with Gasteiger partial charge in [-0.25, -0.2) is 0 Å². The number of anilines is 2. The van der Waals surface area contributed by atoms with Crippen LogP contribution in [0, 0.1) is 0 Å². The van der Waals surface area contributed by atoms with Crippen LogP contribution in [0.3, 0.4) is 0 Å². The highest BCUT2D eigenvalue weighted by Gasteiger charge is 2.09. The third-order valence-electron chi connectivity index (χ3n) is 2.58. The fraction of sp³-hybridized carbons (Fsp3) is 0.231. The number of rotatable bonds is 4. The topological polar surface area (TPSA) is 50.2 Å². The standard InChI is InChI=1S/C13H15ClN4O/c1-17(2)12-5-4-10(14)8-11(12)16-13(19)9-18-7-3-6-15-18/h3-8H,9H2,1-2H3,(H,16,19). The molecule has 5 nitrogen and oxygen atoms in total. The van der Waals surface area contributed by atoms with Crippen molar-refractivity contribution < 1.29 is 4.79 Å². The largest absolute Gasteiger partial charge is 0.376 e. The molecule has 0 aliphatic heterocycles. The van der Waals surface area contributed by atoms with E-state index in [1.165, 1.54) is 0 Å². The lowest BCUT2D eigenvalue weighted by Gasteiger charge is -2.18. The summed E-state index contributed by atoms with van der Waals surface area (Å²) in [6.45, 7) is 0.173. The van der Waals surface area contributed by atoms with E-state index in [2.05, 4.69) is 10.4 Å². The summed E-state index contributed by atoms with van der Waals surface area (Å²) in [6.07, 6.45) is 3.38. The SMILES string of the molecule is CN(C)c1ccc(Cl)cc1NC(=O)Cn1cccn1. The number of hydrogen-bond acceptors (Lipinski definition) is 3. The second kappa shape index (κ2) is 5.75. The molecule has 1 N–H and O–H groups in total. The first kappa shape index (κ1) is 13.4. The molecule has 0 saturated heterocycles. The molecular formula is C13H15ClN4O. The van der Waals surface area contributed by atoms with Crippen LogP contribution < -0.4 is 10.2 Å². The number of carbonyl (C=O) groups excluding carboxylic acids is 1. The van der Waals surface area contributed by atoms with E-state index in [4.69, 9.17) is 11.6 Å². The molecule has 0 fully saturated rings. The monoisotopic (exact) mass is 278 g/mol. The smallest absolute Gasteiger partial charge is 0.246 e. The van der Waals surface area contributed by atoms with E-state index in [1.807, 2.05) is 25.1 Å². The highest BCUT2D eigenvalue weighted by molar-refractivity contribution is 6.31. The highest BCUT2D eigenvalue weighted by atomic mass is 35.5. The molecule has 1 heterocycles. The average Bonchev–Trinajstić information content (AvgIpc) is 2.81. The molecule has 0 unspecified atom stereocenters. The van der Waals surface area contributed by atoms with E-state index in [-0.39, 0.29) is 12.5 Å². The van der Waals surface area contributed by atoms with Gasteiger partial charge in [0.15, 0.2) is 0 Å². The van der Waals surface area contributed by atoms with Crippen molar-refractivity contribution in [1.82, 2.24) is 9.78 Å². The Hall–Kier alpha value is -2.01. The van der Waals surface area contributed by atoms with Crippen LogP contribution in [0.15, 0.2) is 36.7 Å². The number of nitrogens with zero attached hydrogens (tertiary/aromatic N) is 3. The maximum absolute atomic E-state index is 11.9. The first-order valence-corrected chi connectivity index (χ1v) is 6.18. The molecule has 0 saturated carbocycles. The Bertz CT molecular complexity index is 566. The number of aromatic nitrogens is 2. The van der Waals surface area contributed by atoms with Crippen LogP contribution in [0.25, 0.3) is 0 Å². The summed E-state index contributed by atoms with van der Waals surface area (Å²) in [5.74, 6) is -0.144. The number of amides is 1. The number of carbonyl (C=O) groups is 1. The number of halogens is 1. The van der Waals surface area contributed by atoms with Gasteiger partial charge in [-0.1, -0.05) is 11.6 Å². The predicted molar refractivity (Wildman–Crippen MR) is 76.6 cm³/mol. The zero-order chi connectivity index (χ0) is 13.8. The van der Waals surface area contributed by atoms with E-state index in [0.717, 1.165) is 5.69 Å². The van der Waals surface area contributed by atoms with Crippen molar-refractivity contribution in [3.63, 3.8) is 0 Å². The molecule has 19 heavy (non-hydrogen) atoms. The number of hydrogen-bond donors (Lipinski definition) is 1. The molecule has 0 spiro atoms. The summed E-state index contributed by atoms with van der Waals surface area (Å²) in [5, 5.41) is 7.42. The summed E-state index contributed by atoms with van der Waals surface area (Å²) in [6, 6.07) is 7.17. The van der Waals surface area contributed by atoms with Gasteiger partial charge in [-0.15, -0.1) is 0 Å². The Kier molecular flexibility index (Phi) is 4.06. The van der Waals surface area contributed by atoms with Gasteiger partial charge in [-0.05, 0) is 24.3 Å². The van der Waals surface area contributed by atoms with E-state index in [1.54, 1.807) is 35.3 Å². The first-order chi connectivity index (χ1) is 9.06. The first-order valence-electron chi connectivity index (χ1n) is 5.80. The summed E-state index contributed by atoms with van der Waals surface area (Å²) >= 11 is 5.96. The van der Waals surface area contributed by atoms with Crippen molar-refractivity contribution in [2.75, 3.05) is 24.3 Å². The van der Waals surface area contributed by atoms with Crippen LogP contribution in [0.1, 0.15) is 0 Å². The Morgan fingerprint density at radius 3 is 2.89 bits per heavy atom. The normalized spacial score (nSPS) is 10.3. The van der Waals surface area contributed by atoms with Crippen molar-refractivity contribution in [1.29, 1.82) is 0 Å². The minimum Gasteiger partial charge on any atom is -0.376 e. The predicted octanol–water partition coefficient (Wildman–Crippen LogP) is 2.24. The fourth-order valence-corrected chi connectivity index (χ4v) is 1.90. The van der Waals surface area contributed by atoms with Gasteiger partial charge in [-0.2, -0.15) is 5.10 Å². The molecule has 2 rings (SSSR count). The van der Waals surface area contributed by atoms with Gasteiger partial charge in [0.25, 0.3) is 0 Å². The summed E-state index contributed by atoms with van der Waals surface area (Å²) < 4.78 is 1.56. The molecule has 0 aliphatic carbocycles. The molecule has 6 heteroatoms. The number of benzene rings is 1. The van der Waals surface area contributed by atoms with Crippen molar-refractivity contribution in [2.45, 2.75) is 6.54 Å². The molecule has 0 atom stereocenters. The lowest BCUT2D eigenvalue weighted by atomic mass is 10.2. The van der Waals surface area contributed by atoms with E-state index < -0.39 is 0 Å². The maximum atomic E-state index is 11.9. The third-order valence-corrected chi connectivity index (χ3v) is 2.81. The summed E-state index contributed by atoms with van der Waals surface area (Å²) in [7, 11) is 3.82. The van der Waals surface area contributed by atoms with Crippen molar-refractivity contribution in [3.05, 3.63) is 41.7 Å². The van der Waals surface area contributed by atoms with Crippen molar-refractivity contribution in [2.24, 2.45) is 0 Å². The minimum absolute atomic E-state index is 0.144. The van der Waals surface area contributed by atoms with Gasteiger partial charge in [0.05, 0.1) is 11.4 Å². The molecule has 2 aromatic rings. The van der Waals surface area contributed by atoms with Crippen LogP contribution in [-0.4, -0.2) is 29.8 Å². The fourth-order valence-electron chi connectivity index (χ4n) is 1.73. The van der Waals surface area contributed by atoms with Crippen molar-refractivity contribution >= 4 is 28.9 Å². The molecular weight excluding hydrogens is 264 g/mol. The average molecular weight is 279 g/mol. The van der Waals surface area contributed by atoms with E-state index in [9.17, 15) is 4.79 Å². The quantitative estimate of drug-likeness (QED) is 0.933. The van der Waals surface area contributed by atoms with Gasteiger partial charge < -0.3 is 10.2 Å². The van der Waals surface area contributed by atoms with Crippen LogP contribution >= 0.6 is 11.6 Å². The Morgan fingerprint density at radius 2 is 2.26 bits per heavy atom. The van der Waals surface area contributed by atoms with Crippen LogP contribution in [-0.2, 0) is 11.3 Å². The molecule has 0 radical (unpaired) electrons. The van der Waals surface area contributed by atoms with Gasteiger partial charge >= 0.3 is 0 Å². The van der Waals surface area contributed by atoms with Gasteiger partial charge in [0.2, 0.25) is 5.91 Å². The zero-order valence-electron chi connectivity index (χ0n) is 10.8. The van der Waals surface area contributed by atoms with Crippen LogP contribution in [0.2, 0.25) is 5.02 Å². The number of nitrogens with one attached hydrogen (secondary N) is 1. The van der Waals surface area contributed by atoms with E-state index in [0.29, 0.717) is 10.7 Å². The Morgan fingerprint density at radius 1 is 1.47 bits per heavy atom. The Balaban J connectivity index is 2.13. The van der Waals surface area contributed by atoms with Crippen LogP contribution in [0.5, 0.6) is 0 Å². The summed E-state index contributed by atoms with van der Waals surface area (Å²) in [4.78, 5) is 13.8. The molecule has 0 aliphatic rings. The lowest BCUT2D eigenvalue weighted by Crippen LogP contribution is -2.21. The molecule has 0 bridgehead atoms. The molecule has 1 aromatic carbocycles. The summed E-state index contributed by atoms with van der Waals surface area (Å²) in [5.41, 5.74) is 1.59. The van der Waals surface area contributed by atoms with Gasteiger partial charge in [0.1, 0.15) is 6.54 Å². The second-order valence-electron chi connectivity index (χ2n) is 4.31. The van der Waals surface area contributed by atoms with Crippen molar-refractivity contribution in [3.8, 4) is 0 Å². The van der Waals surface area contributed by atoms with Crippen LogP contribution in [0.4, 0.5) is 11.4 Å². The zero-order valence-corrected chi connectivity index (χ0v) is 11.6. The third kappa shape index (κ3) is 3.48. The minimum atomic E-state index is -0.144. The second-order valence-corrected chi connectivity index (χ2v) is 4.74. The molecule has 1 amide bonds. The molecule has 100 valence electrons.